The molecule has 0 atom stereocenters. The van der Waals surface area contributed by atoms with Gasteiger partial charge in [-0.1, -0.05) is 0 Å². The second-order valence-electron chi connectivity index (χ2n) is 4.43. The number of furan rings is 1. The Bertz CT molecular complexity index is 521. The summed E-state index contributed by atoms with van der Waals surface area (Å²) >= 11 is 5.20. The lowest BCUT2D eigenvalue weighted by atomic mass is 10.2. The lowest BCUT2D eigenvalue weighted by Gasteiger charge is -2.15. The van der Waals surface area contributed by atoms with E-state index in [1.165, 1.54) is 14.9 Å². The molecular weight excluding hydrogens is 312 g/mol. The Balaban J connectivity index is 1.98. The number of hydrogen-bond donors (Lipinski definition) is 1. The van der Waals surface area contributed by atoms with Crippen LogP contribution >= 0.6 is 27.3 Å². The van der Waals surface area contributed by atoms with Gasteiger partial charge in [0.1, 0.15) is 11.5 Å². The van der Waals surface area contributed by atoms with Crippen molar-refractivity contribution in [2.75, 3.05) is 7.05 Å². The predicted molar refractivity (Wildman–Crippen MR) is 78.5 cm³/mol. The van der Waals surface area contributed by atoms with Gasteiger partial charge in [-0.15, -0.1) is 11.3 Å². The molecule has 18 heavy (non-hydrogen) atoms. The summed E-state index contributed by atoms with van der Waals surface area (Å²) in [7, 11) is 2.11. The lowest BCUT2D eigenvalue weighted by Crippen LogP contribution is -2.16. The monoisotopic (exact) mass is 328 g/mol. The summed E-state index contributed by atoms with van der Waals surface area (Å²) in [5, 5.41) is 2.17. The highest BCUT2D eigenvalue weighted by molar-refractivity contribution is 9.11. The summed E-state index contributed by atoms with van der Waals surface area (Å²) in [5.74, 6) is 1.82. The third kappa shape index (κ3) is 3.45. The third-order valence-corrected chi connectivity index (χ3v) is 4.34. The summed E-state index contributed by atoms with van der Waals surface area (Å²) in [4.78, 5) is 2.27. The molecule has 2 N–H and O–H groups in total. The number of halogens is 1. The van der Waals surface area contributed by atoms with Crippen LogP contribution < -0.4 is 5.73 Å². The van der Waals surface area contributed by atoms with Gasteiger partial charge in [-0.05, 0) is 53.0 Å². The second kappa shape index (κ2) is 6.02. The van der Waals surface area contributed by atoms with Crippen molar-refractivity contribution in [1.29, 1.82) is 0 Å². The maximum absolute atomic E-state index is 5.58. The average molecular weight is 329 g/mol. The number of thiophene rings is 1. The first-order valence-electron chi connectivity index (χ1n) is 5.78. The van der Waals surface area contributed by atoms with Gasteiger partial charge in [0.25, 0.3) is 0 Å². The van der Waals surface area contributed by atoms with E-state index in [4.69, 9.17) is 10.2 Å². The molecule has 0 radical (unpaired) electrons. The Kier molecular flexibility index (Phi) is 4.61. The molecule has 0 saturated carbocycles. The van der Waals surface area contributed by atoms with Crippen LogP contribution in [0.3, 0.4) is 0 Å². The summed E-state index contributed by atoms with van der Waals surface area (Å²) in [6.45, 7) is 4.26. The summed E-state index contributed by atoms with van der Waals surface area (Å²) in [6, 6.07) is 4.21. The standard InChI is InChI=1S/C13H17BrN2OS/c1-9-11(4-12(5-15)17-9)7-16(2)6-10-3-13(14)18-8-10/h3-4,8H,5-7,15H2,1-2H3. The van der Waals surface area contributed by atoms with Crippen molar-refractivity contribution >= 4 is 27.3 Å². The van der Waals surface area contributed by atoms with Crippen molar-refractivity contribution < 1.29 is 4.42 Å². The highest BCUT2D eigenvalue weighted by atomic mass is 79.9. The first-order valence-corrected chi connectivity index (χ1v) is 7.45. The van der Waals surface area contributed by atoms with E-state index >= 15 is 0 Å². The Morgan fingerprint density at radius 1 is 1.39 bits per heavy atom. The van der Waals surface area contributed by atoms with E-state index in [2.05, 4.69) is 45.4 Å². The molecule has 3 nitrogen and oxygen atoms in total. The van der Waals surface area contributed by atoms with Gasteiger partial charge in [-0.25, -0.2) is 0 Å². The third-order valence-electron chi connectivity index (χ3n) is 2.79. The molecule has 0 bridgehead atoms. The van der Waals surface area contributed by atoms with Crippen LogP contribution in [0.1, 0.15) is 22.6 Å². The SMILES string of the molecule is Cc1oc(CN)cc1CN(C)Cc1csc(Br)c1. The Hall–Kier alpha value is -0.620. The van der Waals surface area contributed by atoms with Crippen molar-refractivity contribution in [1.82, 2.24) is 4.90 Å². The smallest absolute Gasteiger partial charge is 0.118 e. The Morgan fingerprint density at radius 2 is 2.17 bits per heavy atom. The van der Waals surface area contributed by atoms with Crippen LogP contribution in [0, 0.1) is 6.92 Å². The normalized spacial score (nSPS) is 11.4. The largest absolute Gasteiger partial charge is 0.465 e. The molecule has 0 spiro atoms. The number of nitrogens with zero attached hydrogens (tertiary/aromatic N) is 1. The van der Waals surface area contributed by atoms with Gasteiger partial charge >= 0.3 is 0 Å². The minimum absolute atomic E-state index is 0.460. The van der Waals surface area contributed by atoms with Crippen LogP contribution in [0.15, 0.2) is 25.7 Å². The van der Waals surface area contributed by atoms with Gasteiger partial charge < -0.3 is 10.2 Å². The predicted octanol–water partition coefficient (Wildman–Crippen LogP) is 3.50. The number of aryl methyl sites for hydroxylation is 1. The molecule has 0 unspecified atom stereocenters. The summed E-state index contributed by atoms with van der Waals surface area (Å²) in [5.41, 5.74) is 8.12. The molecule has 0 aliphatic rings. The molecular formula is C13H17BrN2OS. The molecule has 0 amide bonds. The topological polar surface area (TPSA) is 42.4 Å². The van der Waals surface area contributed by atoms with Gasteiger partial charge in [0.2, 0.25) is 0 Å². The summed E-state index contributed by atoms with van der Waals surface area (Å²) < 4.78 is 6.74. The van der Waals surface area contributed by atoms with Gasteiger partial charge in [0.15, 0.2) is 0 Å². The van der Waals surface area contributed by atoms with Crippen molar-refractivity contribution in [3.8, 4) is 0 Å². The van der Waals surface area contributed by atoms with Crippen LogP contribution in [-0.2, 0) is 19.6 Å². The van der Waals surface area contributed by atoms with Crippen molar-refractivity contribution in [3.63, 3.8) is 0 Å². The minimum Gasteiger partial charge on any atom is -0.465 e. The number of rotatable bonds is 5. The number of hydrogen-bond acceptors (Lipinski definition) is 4. The van der Waals surface area contributed by atoms with E-state index < -0.39 is 0 Å². The zero-order valence-electron chi connectivity index (χ0n) is 10.6. The molecule has 0 aliphatic carbocycles. The van der Waals surface area contributed by atoms with E-state index in [1.807, 2.05) is 6.92 Å². The Morgan fingerprint density at radius 3 is 2.72 bits per heavy atom. The molecule has 0 fully saturated rings. The quantitative estimate of drug-likeness (QED) is 0.913. The second-order valence-corrected chi connectivity index (χ2v) is 6.72. The van der Waals surface area contributed by atoms with Crippen LogP contribution in [0.2, 0.25) is 0 Å². The zero-order valence-corrected chi connectivity index (χ0v) is 13.0. The summed E-state index contributed by atoms with van der Waals surface area (Å²) in [6.07, 6.45) is 0. The Labute approximate surface area is 120 Å². The minimum atomic E-state index is 0.460. The van der Waals surface area contributed by atoms with E-state index in [9.17, 15) is 0 Å². The molecule has 0 aromatic carbocycles. The van der Waals surface area contributed by atoms with Gasteiger partial charge in [0, 0.05) is 18.7 Å². The maximum Gasteiger partial charge on any atom is 0.118 e. The van der Waals surface area contributed by atoms with Crippen LogP contribution in [0.5, 0.6) is 0 Å². The van der Waals surface area contributed by atoms with Crippen LogP contribution in [0.4, 0.5) is 0 Å². The first kappa shape index (κ1) is 13.8. The molecule has 2 aromatic heterocycles. The van der Waals surface area contributed by atoms with Crippen LogP contribution in [0.25, 0.3) is 0 Å². The fourth-order valence-corrected chi connectivity index (χ4v) is 3.13. The van der Waals surface area contributed by atoms with Gasteiger partial charge in [-0.3, -0.25) is 4.90 Å². The molecule has 98 valence electrons. The fraction of sp³-hybridized carbons (Fsp3) is 0.385. The molecule has 0 saturated heterocycles. The molecule has 5 heteroatoms. The maximum atomic E-state index is 5.58. The fourth-order valence-electron chi connectivity index (χ4n) is 1.93. The van der Waals surface area contributed by atoms with E-state index in [0.717, 1.165) is 24.6 Å². The highest BCUT2D eigenvalue weighted by Crippen LogP contribution is 2.22. The number of nitrogens with two attached hydrogens (primary N) is 1. The first-order chi connectivity index (χ1) is 8.58. The molecule has 2 heterocycles. The molecule has 0 aliphatic heterocycles. The van der Waals surface area contributed by atoms with Crippen molar-refractivity contribution in [3.05, 3.63) is 43.9 Å². The van der Waals surface area contributed by atoms with Gasteiger partial charge in [-0.2, -0.15) is 0 Å². The molecule has 2 aromatic rings. The van der Waals surface area contributed by atoms with Crippen molar-refractivity contribution in [2.45, 2.75) is 26.6 Å². The highest BCUT2D eigenvalue weighted by Gasteiger charge is 2.10. The van der Waals surface area contributed by atoms with Crippen molar-refractivity contribution in [2.24, 2.45) is 5.73 Å². The molecule has 2 rings (SSSR count). The van der Waals surface area contributed by atoms with E-state index in [1.54, 1.807) is 11.3 Å². The van der Waals surface area contributed by atoms with Crippen LogP contribution in [-0.4, -0.2) is 11.9 Å². The zero-order chi connectivity index (χ0) is 13.1. The van der Waals surface area contributed by atoms with Gasteiger partial charge in [0.05, 0.1) is 10.3 Å². The lowest BCUT2D eigenvalue weighted by molar-refractivity contribution is 0.316. The van der Waals surface area contributed by atoms with E-state index in [0.29, 0.717) is 6.54 Å². The van der Waals surface area contributed by atoms with E-state index in [-0.39, 0.29) is 0 Å². The average Bonchev–Trinajstić information content (AvgIpc) is 2.86.